The van der Waals surface area contributed by atoms with Crippen LogP contribution in [0, 0.1) is 12.3 Å². The van der Waals surface area contributed by atoms with E-state index in [9.17, 15) is 18.3 Å². The molecule has 2 rings (SSSR count). The van der Waals surface area contributed by atoms with Gasteiger partial charge in [-0.3, -0.25) is 0 Å². The number of alkyl halides is 3. The van der Waals surface area contributed by atoms with Gasteiger partial charge in [-0.1, -0.05) is 18.1 Å². The third kappa shape index (κ3) is 1.92. The van der Waals surface area contributed by atoms with Crippen LogP contribution in [-0.4, -0.2) is 11.3 Å². The number of nitrogen functional groups attached to an aromatic ring is 1. The largest absolute Gasteiger partial charge is 0.466 e. The van der Waals surface area contributed by atoms with Crippen LogP contribution in [0.5, 0.6) is 0 Å². The predicted molar refractivity (Wildman–Crippen MR) is 66.6 cm³/mol. The van der Waals surface area contributed by atoms with E-state index in [1.165, 1.54) is 18.2 Å². The minimum atomic E-state index is -5.02. The molecule has 0 saturated carbocycles. The first-order valence-corrected chi connectivity index (χ1v) is 5.51. The average Bonchev–Trinajstić information content (AvgIpc) is 2.90. The molecule has 0 spiro atoms. The Kier molecular flexibility index (Phi) is 3.24. The number of furan rings is 1. The summed E-state index contributed by atoms with van der Waals surface area (Å²) in [5.41, 5.74) is 1.43. The van der Waals surface area contributed by atoms with Gasteiger partial charge in [0.15, 0.2) is 0 Å². The molecule has 0 radical (unpaired) electrons. The fourth-order valence-corrected chi connectivity index (χ4v) is 1.94. The van der Waals surface area contributed by atoms with Crippen molar-refractivity contribution < 1.29 is 22.7 Å². The number of halogens is 3. The Morgan fingerprint density at radius 3 is 2.40 bits per heavy atom. The molecule has 2 aromatic rings. The number of anilines is 1. The van der Waals surface area contributed by atoms with Gasteiger partial charge in [0.25, 0.3) is 0 Å². The number of nitrogens with two attached hydrogens (primary N) is 1. The first-order valence-electron chi connectivity index (χ1n) is 5.51. The van der Waals surface area contributed by atoms with Crippen LogP contribution in [0.1, 0.15) is 16.9 Å². The van der Waals surface area contributed by atoms with E-state index in [1.54, 1.807) is 0 Å². The van der Waals surface area contributed by atoms with Crippen LogP contribution in [0.3, 0.4) is 0 Å². The molecule has 104 valence electrons. The number of hydrogen-bond donors (Lipinski definition) is 2. The van der Waals surface area contributed by atoms with Crippen LogP contribution < -0.4 is 5.73 Å². The molecule has 0 fully saturated rings. The average molecular weight is 281 g/mol. The molecular weight excluding hydrogens is 271 g/mol. The van der Waals surface area contributed by atoms with Crippen molar-refractivity contribution in [3.05, 3.63) is 53.5 Å². The zero-order chi connectivity index (χ0) is 15.0. The Labute approximate surface area is 112 Å². The standard InChI is InChI=1S/C14H10F3NO2/c1-2-9-10(5-3-6-11(9)18)13(19,14(15,16)17)12-7-4-8-20-12/h1,3-8,19H,18H2. The maximum Gasteiger partial charge on any atom is 0.428 e. The highest BCUT2D eigenvalue weighted by Crippen LogP contribution is 2.46. The second-order valence-electron chi connectivity index (χ2n) is 4.10. The van der Waals surface area contributed by atoms with Crippen molar-refractivity contribution in [2.24, 2.45) is 0 Å². The minimum absolute atomic E-state index is 0.0285. The Balaban J connectivity index is 2.80. The normalized spacial score (nSPS) is 14.6. The molecule has 0 amide bonds. The predicted octanol–water partition coefficient (Wildman–Crippen LogP) is 2.64. The number of rotatable bonds is 2. The van der Waals surface area contributed by atoms with Gasteiger partial charge in [-0.25, -0.2) is 0 Å². The Morgan fingerprint density at radius 1 is 1.20 bits per heavy atom. The van der Waals surface area contributed by atoms with Gasteiger partial charge in [-0.15, -0.1) is 6.42 Å². The van der Waals surface area contributed by atoms with Crippen LogP contribution in [0.15, 0.2) is 41.0 Å². The maximum atomic E-state index is 13.4. The fourth-order valence-electron chi connectivity index (χ4n) is 1.94. The molecule has 0 aliphatic heterocycles. The lowest BCUT2D eigenvalue weighted by atomic mass is 9.86. The van der Waals surface area contributed by atoms with Crippen molar-refractivity contribution in [3.63, 3.8) is 0 Å². The molecular formula is C14H10F3NO2. The van der Waals surface area contributed by atoms with Gasteiger partial charge in [-0.05, 0) is 18.2 Å². The summed E-state index contributed by atoms with van der Waals surface area (Å²) in [5.74, 6) is 1.40. The SMILES string of the molecule is C#Cc1c(N)cccc1C(O)(c1ccco1)C(F)(F)F. The fraction of sp³-hybridized carbons (Fsp3) is 0.143. The highest BCUT2D eigenvalue weighted by molar-refractivity contribution is 5.62. The van der Waals surface area contributed by atoms with E-state index in [4.69, 9.17) is 16.6 Å². The molecule has 0 saturated heterocycles. The summed E-state index contributed by atoms with van der Waals surface area (Å²) in [6.07, 6.45) is 1.22. The molecule has 0 aliphatic carbocycles. The van der Waals surface area contributed by atoms with E-state index in [1.807, 2.05) is 0 Å². The van der Waals surface area contributed by atoms with Crippen LogP contribution >= 0.6 is 0 Å². The molecule has 1 aromatic carbocycles. The molecule has 3 nitrogen and oxygen atoms in total. The third-order valence-corrected chi connectivity index (χ3v) is 2.92. The number of aliphatic hydroxyl groups is 1. The lowest BCUT2D eigenvalue weighted by Gasteiger charge is -2.30. The lowest BCUT2D eigenvalue weighted by molar-refractivity contribution is -0.254. The van der Waals surface area contributed by atoms with Crippen LogP contribution in [0.2, 0.25) is 0 Å². The van der Waals surface area contributed by atoms with Crippen molar-refractivity contribution >= 4 is 5.69 Å². The van der Waals surface area contributed by atoms with Gasteiger partial charge in [0.2, 0.25) is 5.60 Å². The van der Waals surface area contributed by atoms with E-state index in [2.05, 4.69) is 5.92 Å². The first kappa shape index (κ1) is 14.0. The summed E-state index contributed by atoms with van der Waals surface area (Å²) in [5, 5.41) is 10.2. The third-order valence-electron chi connectivity index (χ3n) is 2.92. The van der Waals surface area contributed by atoms with Gasteiger partial charge in [0.05, 0.1) is 11.8 Å². The van der Waals surface area contributed by atoms with Gasteiger partial charge < -0.3 is 15.3 Å². The zero-order valence-corrected chi connectivity index (χ0v) is 10.1. The zero-order valence-electron chi connectivity index (χ0n) is 10.1. The van der Waals surface area contributed by atoms with E-state index >= 15 is 0 Å². The van der Waals surface area contributed by atoms with Crippen LogP contribution in [0.4, 0.5) is 18.9 Å². The van der Waals surface area contributed by atoms with E-state index < -0.39 is 23.1 Å². The Morgan fingerprint density at radius 2 is 1.90 bits per heavy atom. The number of hydrogen-bond acceptors (Lipinski definition) is 3. The molecule has 1 aromatic heterocycles. The van der Waals surface area contributed by atoms with Gasteiger partial charge >= 0.3 is 6.18 Å². The molecule has 6 heteroatoms. The van der Waals surface area contributed by atoms with Crippen LogP contribution in [-0.2, 0) is 5.60 Å². The Hall–Kier alpha value is -2.39. The first-order chi connectivity index (χ1) is 9.32. The van der Waals surface area contributed by atoms with E-state index in [-0.39, 0.29) is 11.3 Å². The van der Waals surface area contributed by atoms with Crippen LogP contribution in [0.25, 0.3) is 0 Å². The van der Waals surface area contributed by atoms with Gasteiger partial charge in [0.1, 0.15) is 5.76 Å². The quantitative estimate of drug-likeness (QED) is 0.657. The second kappa shape index (κ2) is 4.62. The Bertz CT molecular complexity index is 656. The van der Waals surface area contributed by atoms with E-state index in [0.717, 1.165) is 18.4 Å². The topological polar surface area (TPSA) is 59.4 Å². The highest BCUT2D eigenvalue weighted by Gasteiger charge is 2.59. The van der Waals surface area contributed by atoms with Crippen molar-refractivity contribution in [2.45, 2.75) is 11.8 Å². The lowest BCUT2D eigenvalue weighted by Crippen LogP contribution is -2.43. The minimum Gasteiger partial charge on any atom is -0.466 e. The van der Waals surface area contributed by atoms with Crippen molar-refractivity contribution in [2.75, 3.05) is 5.73 Å². The molecule has 1 unspecified atom stereocenters. The van der Waals surface area contributed by atoms with Crippen molar-refractivity contribution in [1.82, 2.24) is 0 Å². The molecule has 20 heavy (non-hydrogen) atoms. The molecule has 3 N–H and O–H groups in total. The smallest absolute Gasteiger partial charge is 0.428 e. The summed E-state index contributed by atoms with van der Waals surface area (Å²) in [7, 11) is 0. The van der Waals surface area contributed by atoms with E-state index in [0.29, 0.717) is 0 Å². The number of benzene rings is 1. The monoisotopic (exact) mass is 281 g/mol. The molecule has 1 atom stereocenters. The van der Waals surface area contributed by atoms with Crippen molar-refractivity contribution in [1.29, 1.82) is 0 Å². The summed E-state index contributed by atoms with van der Waals surface area (Å²) < 4.78 is 44.9. The molecule has 0 aliphatic rings. The number of terminal acetylenes is 1. The summed E-state index contributed by atoms with van der Waals surface area (Å²) >= 11 is 0. The molecule has 0 bridgehead atoms. The van der Waals surface area contributed by atoms with Gasteiger partial charge in [-0.2, -0.15) is 13.2 Å². The highest BCUT2D eigenvalue weighted by atomic mass is 19.4. The second-order valence-corrected chi connectivity index (χ2v) is 4.10. The maximum absolute atomic E-state index is 13.4. The van der Waals surface area contributed by atoms with Gasteiger partial charge in [0, 0.05) is 11.3 Å². The summed E-state index contributed by atoms with van der Waals surface area (Å²) in [4.78, 5) is 0. The van der Waals surface area contributed by atoms with Crippen molar-refractivity contribution in [3.8, 4) is 12.3 Å². The molecule has 1 heterocycles. The summed E-state index contributed by atoms with van der Waals surface area (Å²) in [6.45, 7) is 0. The summed E-state index contributed by atoms with van der Waals surface area (Å²) in [6, 6.07) is 5.98.